The molecule has 0 spiro atoms. The minimum absolute atomic E-state index is 0.357. The van der Waals surface area contributed by atoms with E-state index in [1.807, 2.05) is 0 Å². The number of nitrogens with one attached hydrogen (secondary N) is 1. The normalized spacial score (nSPS) is 11.8. The standard InChI is InChI=1S/C22H25N3O5/c1-13(24)22(26)25-17-10-14(6-7-18(17)27-2)16(8-9-23)15-11-19(28-3)21(30-5)20(12-15)29-4/h6-8,10-13H,24H2,1-5H3,(H,25,26)/t13-/m0/s1. The van der Waals surface area contributed by atoms with Gasteiger partial charge in [-0.25, -0.2) is 0 Å². The fourth-order valence-corrected chi connectivity index (χ4v) is 2.85. The molecule has 158 valence electrons. The molecule has 0 bridgehead atoms. The van der Waals surface area contributed by atoms with E-state index in [9.17, 15) is 10.1 Å². The number of hydrogen-bond acceptors (Lipinski definition) is 7. The maximum Gasteiger partial charge on any atom is 0.241 e. The van der Waals surface area contributed by atoms with Crippen LogP contribution in [0, 0.1) is 11.3 Å². The summed E-state index contributed by atoms with van der Waals surface area (Å²) < 4.78 is 21.5. The van der Waals surface area contributed by atoms with E-state index in [0.29, 0.717) is 45.4 Å². The van der Waals surface area contributed by atoms with Crippen molar-refractivity contribution in [3.05, 3.63) is 47.5 Å². The Morgan fingerprint density at radius 2 is 1.60 bits per heavy atom. The van der Waals surface area contributed by atoms with Gasteiger partial charge in [-0.05, 0) is 47.9 Å². The fourth-order valence-electron chi connectivity index (χ4n) is 2.85. The SMILES string of the molecule is COc1ccc(C(=CC#N)c2cc(OC)c(OC)c(OC)c2)cc1NC(=O)[C@H](C)N. The van der Waals surface area contributed by atoms with E-state index in [1.54, 1.807) is 37.3 Å². The first-order chi connectivity index (χ1) is 14.4. The van der Waals surface area contributed by atoms with E-state index in [4.69, 9.17) is 24.7 Å². The van der Waals surface area contributed by atoms with Crippen molar-refractivity contribution in [2.24, 2.45) is 5.73 Å². The van der Waals surface area contributed by atoms with Crippen molar-refractivity contribution < 1.29 is 23.7 Å². The summed E-state index contributed by atoms with van der Waals surface area (Å²) in [5, 5.41) is 12.1. The highest BCUT2D eigenvalue weighted by Gasteiger charge is 2.18. The maximum atomic E-state index is 12.1. The summed E-state index contributed by atoms with van der Waals surface area (Å²) in [6.45, 7) is 1.59. The Balaban J connectivity index is 2.63. The van der Waals surface area contributed by atoms with Gasteiger partial charge in [0.05, 0.1) is 46.2 Å². The highest BCUT2D eigenvalue weighted by Crippen LogP contribution is 2.41. The molecular formula is C22H25N3O5. The van der Waals surface area contributed by atoms with Crippen molar-refractivity contribution >= 4 is 17.2 Å². The Bertz CT molecular complexity index is 968. The Morgan fingerprint density at radius 3 is 2.07 bits per heavy atom. The predicted molar refractivity (Wildman–Crippen MR) is 114 cm³/mol. The first kappa shape index (κ1) is 22.6. The number of carbonyl (C=O) groups is 1. The molecule has 1 amide bonds. The van der Waals surface area contributed by atoms with E-state index in [2.05, 4.69) is 11.4 Å². The molecule has 0 aliphatic carbocycles. The van der Waals surface area contributed by atoms with Crippen molar-refractivity contribution in [2.45, 2.75) is 13.0 Å². The lowest BCUT2D eigenvalue weighted by molar-refractivity contribution is -0.117. The quantitative estimate of drug-likeness (QED) is 0.642. The number of hydrogen-bond donors (Lipinski definition) is 2. The second-order valence-corrected chi connectivity index (χ2v) is 6.29. The Morgan fingerprint density at radius 1 is 1.00 bits per heavy atom. The number of amides is 1. The Hall–Kier alpha value is -3.70. The lowest BCUT2D eigenvalue weighted by atomic mass is 9.96. The van der Waals surface area contributed by atoms with Crippen molar-refractivity contribution in [1.82, 2.24) is 0 Å². The van der Waals surface area contributed by atoms with Gasteiger partial charge in [0.2, 0.25) is 11.7 Å². The van der Waals surface area contributed by atoms with Crippen molar-refractivity contribution in [3.63, 3.8) is 0 Å². The molecule has 0 heterocycles. The van der Waals surface area contributed by atoms with Gasteiger partial charge in [0.15, 0.2) is 11.5 Å². The van der Waals surface area contributed by atoms with Gasteiger partial charge in [-0.15, -0.1) is 0 Å². The monoisotopic (exact) mass is 411 g/mol. The van der Waals surface area contributed by atoms with E-state index in [-0.39, 0.29) is 5.91 Å². The van der Waals surface area contributed by atoms with Gasteiger partial charge in [0.25, 0.3) is 0 Å². The molecule has 8 nitrogen and oxygen atoms in total. The molecule has 0 unspecified atom stereocenters. The van der Waals surface area contributed by atoms with Crippen LogP contribution in [-0.4, -0.2) is 40.4 Å². The second kappa shape index (κ2) is 10.2. The molecule has 0 saturated carbocycles. The molecule has 3 N–H and O–H groups in total. The number of nitrogens with zero attached hydrogens (tertiary/aromatic N) is 1. The highest BCUT2D eigenvalue weighted by molar-refractivity contribution is 5.96. The number of carbonyl (C=O) groups excluding carboxylic acids is 1. The molecule has 0 aromatic heterocycles. The summed E-state index contributed by atoms with van der Waals surface area (Å²) in [6.07, 6.45) is 1.40. The average Bonchev–Trinajstić information content (AvgIpc) is 2.76. The van der Waals surface area contributed by atoms with E-state index in [1.165, 1.54) is 34.5 Å². The van der Waals surface area contributed by atoms with Gasteiger partial charge >= 0.3 is 0 Å². The van der Waals surface area contributed by atoms with Crippen LogP contribution in [0.3, 0.4) is 0 Å². The third kappa shape index (κ3) is 4.82. The van der Waals surface area contributed by atoms with Crippen LogP contribution < -0.4 is 30.0 Å². The Kier molecular flexibility index (Phi) is 7.67. The fraction of sp³-hybridized carbons (Fsp3) is 0.273. The molecule has 1 atom stereocenters. The summed E-state index contributed by atoms with van der Waals surface area (Å²) >= 11 is 0. The number of rotatable bonds is 8. The summed E-state index contributed by atoms with van der Waals surface area (Å²) in [7, 11) is 6.05. The number of methoxy groups -OCH3 is 4. The summed E-state index contributed by atoms with van der Waals surface area (Å²) in [6, 6.07) is 10.1. The lowest BCUT2D eigenvalue weighted by Gasteiger charge is -2.17. The van der Waals surface area contributed by atoms with E-state index in [0.717, 1.165) is 0 Å². The van der Waals surface area contributed by atoms with Crippen LogP contribution in [0.25, 0.3) is 5.57 Å². The smallest absolute Gasteiger partial charge is 0.241 e. The first-order valence-electron chi connectivity index (χ1n) is 9.05. The summed E-state index contributed by atoms with van der Waals surface area (Å²) in [4.78, 5) is 12.1. The Labute approximate surface area is 175 Å². The minimum Gasteiger partial charge on any atom is -0.495 e. The number of nitrogens with two attached hydrogens (primary N) is 1. The molecule has 2 rings (SSSR count). The zero-order valence-corrected chi connectivity index (χ0v) is 17.6. The molecule has 8 heteroatoms. The van der Waals surface area contributed by atoms with Gasteiger partial charge in [0, 0.05) is 6.08 Å². The number of ether oxygens (including phenoxy) is 4. The number of nitriles is 1. The molecule has 2 aromatic rings. The highest BCUT2D eigenvalue weighted by atomic mass is 16.5. The second-order valence-electron chi connectivity index (χ2n) is 6.29. The van der Waals surface area contributed by atoms with Crippen LogP contribution in [0.4, 0.5) is 5.69 Å². The summed E-state index contributed by atoms with van der Waals surface area (Å²) in [5.74, 6) is 1.46. The van der Waals surface area contributed by atoms with Crippen molar-refractivity contribution in [2.75, 3.05) is 33.8 Å². The molecule has 30 heavy (non-hydrogen) atoms. The van der Waals surface area contributed by atoms with Crippen LogP contribution in [0.5, 0.6) is 23.0 Å². The van der Waals surface area contributed by atoms with Crippen LogP contribution >= 0.6 is 0 Å². The van der Waals surface area contributed by atoms with Crippen molar-refractivity contribution in [3.8, 4) is 29.1 Å². The van der Waals surface area contributed by atoms with Crippen LogP contribution in [0.1, 0.15) is 18.1 Å². The van der Waals surface area contributed by atoms with Gasteiger partial charge in [-0.2, -0.15) is 5.26 Å². The lowest BCUT2D eigenvalue weighted by Crippen LogP contribution is -2.32. The van der Waals surface area contributed by atoms with Crippen molar-refractivity contribution in [1.29, 1.82) is 5.26 Å². The van der Waals surface area contributed by atoms with Gasteiger partial charge in [-0.3, -0.25) is 4.79 Å². The zero-order valence-electron chi connectivity index (χ0n) is 17.6. The summed E-state index contributed by atoms with van der Waals surface area (Å²) in [5.41, 5.74) is 8.03. The molecule has 0 saturated heterocycles. The number of benzene rings is 2. The van der Waals surface area contributed by atoms with E-state index >= 15 is 0 Å². The van der Waals surface area contributed by atoms with E-state index < -0.39 is 6.04 Å². The van der Waals surface area contributed by atoms with Crippen LogP contribution in [-0.2, 0) is 4.79 Å². The van der Waals surface area contributed by atoms with Gasteiger partial charge in [0.1, 0.15) is 5.75 Å². The third-order valence-corrected chi connectivity index (χ3v) is 4.37. The topological polar surface area (TPSA) is 116 Å². The third-order valence-electron chi connectivity index (χ3n) is 4.37. The first-order valence-corrected chi connectivity index (χ1v) is 9.05. The number of anilines is 1. The van der Waals surface area contributed by atoms with Gasteiger partial charge < -0.3 is 30.0 Å². The zero-order chi connectivity index (χ0) is 22.3. The van der Waals surface area contributed by atoms with Gasteiger partial charge in [-0.1, -0.05) is 6.07 Å². The average molecular weight is 411 g/mol. The molecular weight excluding hydrogens is 386 g/mol. The minimum atomic E-state index is -0.692. The number of allylic oxidation sites excluding steroid dienone is 1. The largest absolute Gasteiger partial charge is 0.495 e. The predicted octanol–water partition coefficient (Wildman–Crippen LogP) is 2.96. The molecule has 0 aliphatic rings. The van der Waals surface area contributed by atoms with Crippen LogP contribution in [0.15, 0.2) is 36.4 Å². The maximum absolute atomic E-state index is 12.1. The molecule has 0 fully saturated rings. The molecule has 0 radical (unpaired) electrons. The molecule has 0 aliphatic heterocycles. The van der Waals surface area contributed by atoms with Crippen LogP contribution in [0.2, 0.25) is 0 Å². The molecule has 2 aromatic carbocycles.